The van der Waals surface area contributed by atoms with E-state index in [-0.39, 0.29) is 11.9 Å². The Morgan fingerprint density at radius 2 is 1.74 bits per heavy atom. The third kappa shape index (κ3) is 4.57. The molecule has 3 rings (SSSR count). The Kier molecular flexibility index (Phi) is 5.67. The van der Waals surface area contributed by atoms with Crippen LogP contribution < -0.4 is 0 Å². The fourth-order valence-corrected chi connectivity index (χ4v) is 4.04. The Morgan fingerprint density at radius 1 is 1.11 bits per heavy atom. The Balaban J connectivity index is 1.63. The predicted molar refractivity (Wildman–Crippen MR) is 106 cm³/mol. The summed E-state index contributed by atoms with van der Waals surface area (Å²) in [7, 11) is -1.28. The number of hydrogen-bond donors (Lipinski definition) is 0. The lowest BCUT2D eigenvalue weighted by molar-refractivity contribution is -0.133. The molecule has 0 radical (unpaired) electrons. The summed E-state index contributed by atoms with van der Waals surface area (Å²) in [4.78, 5) is 17.0. The molecule has 0 bridgehead atoms. The van der Waals surface area contributed by atoms with Crippen LogP contribution in [-0.2, 0) is 27.6 Å². The number of sulfone groups is 1. The van der Waals surface area contributed by atoms with Crippen LogP contribution in [0, 0.1) is 0 Å². The Morgan fingerprint density at radius 3 is 2.37 bits per heavy atom. The average Bonchev–Trinajstić information content (AvgIpc) is 2.66. The van der Waals surface area contributed by atoms with E-state index in [1.165, 1.54) is 17.4 Å². The molecule has 27 heavy (non-hydrogen) atoms. The molecule has 0 spiro atoms. The van der Waals surface area contributed by atoms with Crippen molar-refractivity contribution in [1.29, 1.82) is 0 Å². The van der Waals surface area contributed by atoms with Gasteiger partial charge in [-0.05, 0) is 49.2 Å². The maximum absolute atomic E-state index is 12.7. The zero-order valence-electron chi connectivity index (χ0n) is 16.1. The highest BCUT2D eigenvalue weighted by atomic mass is 32.2. The van der Waals surface area contributed by atoms with Crippen LogP contribution in [0.15, 0.2) is 53.4 Å². The molecule has 1 heterocycles. The molecule has 0 fully saturated rings. The molecule has 2 aromatic carbocycles. The number of amides is 1. The molecule has 1 unspecified atom stereocenters. The van der Waals surface area contributed by atoms with Crippen molar-refractivity contribution in [1.82, 2.24) is 9.80 Å². The minimum absolute atomic E-state index is 0.0136. The first-order chi connectivity index (χ1) is 12.8. The van der Waals surface area contributed by atoms with E-state index in [0.29, 0.717) is 18.0 Å². The standard InChI is InChI=1S/C21H26N2O3S/c1-16(17-8-10-20(11-9-17)27(3,25)26)22(2)15-21(24)23-13-12-18-6-4-5-7-19(18)14-23/h4-11,16H,12-15H2,1-3H3. The van der Waals surface area contributed by atoms with Gasteiger partial charge in [0.15, 0.2) is 9.84 Å². The molecule has 1 aliphatic heterocycles. The molecule has 1 amide bonds. The van der Waals surface area contributed by atoms with Gasteiger partial charge < -0.3 is 4.90 Å². The summed E-state index contributed by atoms with van der Waals surface area (Å²) in [5.41, 5.74) is 3.54. The van der Waals surface area contributed by atoms with E-state index in [9.17, 15) is 13.2 Å². The van der Waals surface area contributed by atoms with E-state index >= 15 is 0 Å². The Labute approximate surface area is 161 Å². The predicted octanol–water partition coefficient (Wildman–Crippen LogP) is 2.67. The van der Waals surface area contributed by atoms with Gasteiger partial charge in [-0.25, -0.2) is 8.42 Å². The van der Waals surface area contributed by atoms with Crippen LogP contribution >= 0.6 is 0 Å². The van der Waals surface area contributed by atoms with Gasteiger partial charge in [0.2, 0.25) is 5.91 Å². The minimum atomic E-state index is -3.20. The van der Waals surface area contributed by atoms with Crippen molar-refractivity contribution in [2.45, 2.75) is 30.8 Å². The van der Waals surface area contributed by atoms with Gasteiger partial charge in [0.05, 0.1) is 11.4 Å². The quantitative estimate of drug-likeness (QED) is 0.793. The Hall–Kier alpha value is -2.18. The Bertz CT molecular complexity index is 923. The lowest BCUT2D eigenvalue weighted by Crippen LogP contribution is -2.42. The van der Waals surface area contributed by atoms with Crippen molar-refractivity contribution >= 4 is 15.7 Å². The van der Waals surface area contributed by atoms with Crippen LogP contribution in [0.4, 0.5) is 0 Å². The van der Waals surface area contributed by atoms with E-state index in [1.54, 1.807) is 12.1 Å². The topological polar surface area (TPSA) is 57.7 Å². The van der Waals surface area contributed by atoms with Gasteiger partial charge in [0.25, 0.3) is 0 Å². The second-order valence-corrected chi connectivity index (χ2v) is 9.28. The maximum atomic E-state index is 12.7. The number of likely N-dealkylation sites (N-methyl/N-ethyl adjacent to an activating group) is 1. The fourth-order valence-electron chi connectivity index (χ4n) is 3.41. The zero-order valence-corrected chi connectivity index (χ0v) is 16.9. The molecule has 0 saturated carbocycles. The molecule has 144 valence electrons. The molecule has 1 aliphatic rings. The first kappa shape index (κ1) is 19.6. The smallest absolute Gasteiger partial charge is 0.237 e. The van der Waals surface area contributed by atoms with Crippen molar-refractivity contribution in [2.75, 3.05) is 26.4 Å². The summed E-state index contributed by atoms with van der Waals surface area (Å²) < 4.78 is 23.2. The second-order valence-electron chi connectivity index (χ2n) is 7.27. The number of carbonyl (C=O) groups excluding carboxylic acids is 1. The van der Waals surface area contributed by atoms with E-state index in [2.05, 4.69) is 12.1 Å². The van der Waals surface area contributed by atoms with Gasteiger partial charge in [0, 0.05) is 25.4 Å². The van der Waals surface area contributed by atoms with E-state index in [1.807, 2.05) is 48.0 Å². The van der Waals surface area contributed by atoms with Gasteiger partial charge in [-0.1, -0.05) is 36.4 Å². The van der Waals surface area contributed by atoms with Crippen molar-refractivity contribution in [2.24, 2.45) is 0 Å². The SMILES string of the molecule is CC(c1ccc(S(C)(=O)=O)cc1)N(C)CC(=O)N1CCc2ccccc2C1. The molecule has 0 N–H and O–H groups in total. The summed E-state index contributed by atoms with van der Waals surface area (Å²) in [6.45, 7) is 3.77. The average molecular weight is 387 g/mol. The van der Waals surface area contributed by atoms with Crippen molar-refractivity contribution in [3.8, 4) is 0 Å². The summed E-state index contributed by atoms with van der Waals surface area (Å²) in [5.74, 6) is 0.117. The molecular formula is C21H26N2O3S. The van der Waals surface area contributed by atoms with Crippen LogP contribution in [0.2, 0.25) is 0 Å². The van der Waals surface area contributed by atoms with Gasteiger partial charge >= 0.3 is 0 Å². The number of fused-ring (bicyclic) bond motifs is 1. The van der Waals surface area contributed by atoms with Crippen molar-refractivity contribution in [3.63, 3.8) is 0 Å². The lowest BCUT2D eigenvalue weighted by Gasteiger charge is -2.32. The van der Waals surface area contributed by atoms with Gasteiger partial charge in [0.1, 0.15) is 0 Å². The zero-order chi connectivity index (χ0) is 19.6. The number of nitrogens with zero attached hydrogens (tertiary/aromatic N) is 2. The third-order valence-electron chi connectivity index (χ3n) is 5.32. The van der Waals surface area contributed by atoms with E-state index in [4.69, 9.17) is 0 Å². The van der Waals surface area contributed by atoms with Crippen LogP contribution in [0.1, 0.15) is 29.7 Å². The lowest BCUT2D eigenvalue weighted by atomic mass is 10.00. The van der Waals surface area contributed by atoms with E-state index < -0.39 is 9.84 Å². The molecule has 0 aromatic heterocycles. The third-order valence-corrected chi connectivity index (χ3v) is 6.45. The second kappa shape index (κ2) is 7.82. The molecule has 0 aliphatic carbocycles. The first-order valence-corrected chi connectivity index (χ1v) is 11.0. The van der Waals surface area contributed by atoms with Crippen molar-refractivity contribution < 1.29 is 13.2 Å². The van der Waals surface area contributed by atoms with Crippen LogP contribution in [0.3, 0.4) is 0 Å². The normalized spacial score (nSPS) is 15.5. The number of rotatable bonds is 5. The van der Waals surface area contributed by atoms with Gasteiger partial charge in [-0.15, -0.1) is 0 Å². The highest BCUT2D eigenvalue weighted by Crippen LogP contribution is 2.22. The van der Waals surface area contributed by atoms with Gasteiger partial charge in [-0.2, -0.15) is 0 Å². The van der Waals surface area contributed by atoms with E-state index in [0.717, 1.165) is 18.5 Å². The van der Waals surface area contributed by atoms with Crippen molar-refractivity contribution in [3.05, 3.63) is 65.2 Å². The van der Waals surface area contributed by atoms with Crippen LogP contribution in [-0.4, -0.2) is 50.5 Å². The molecule has 6 heteroatoms. The van der Waals surface area contributed by atoms with Gasteiger partial charge in [-0.3, -0.25) is 9.69 Å². The summed E-state index contributed by atoms with van der Waals surface area (Å²) >= 11 is 0. The fraction of sp³-hybridized carbons (Fsp3) is 0.381. The highest BCUT2D eigenvalue weighted by Gasteiger charge is 2.23. The maximum Gasteiger partial charge on any atom is 0.237 e. The van der Waals surface area contributed by atoms with Crippen LogP contribution in [0.5, 0.6) is 0 Å². The molecule has 2 aromatic rings. The number of carbonyl (C=O) groups is 1. The van der Waals surface area contributed by atoms with Crippen LogP contribution in [0.25, 0.3) is 0 Å². The molecule has 5 nitrogen and oxygen atoms in total. The highest BCUT2D eigenvalue weighted by molar-refractivity contribution is 7.90. The summed E-state index contributed by atoms with van der Waals surface area (Å²) in [5, 5.41) is 0. The molecule has 0 saturated heterocycles. The monoisotopic (exact) mass is 386 g/mol. The number of benzene rings is 2. The summed E-state index contributed by atoms with van der Waals surface area (Å²) in [6.07, 6.45) is 2.10. The molecule has 1 atom stereocenters. The largest absolute Gasteiger partial charge is 0.337 e. The molecular weight excluding hydrogens is 360 g/mol. The summed E-state index contributed by atoms with van der Waals surface area (Å²) in [6, 6.07) is 15.2. The minimum Gasteiger partial charge on any atom is -0.337 e. The first-order valence-electron chi connectivity index (χ1n) is 9.10. The number of hydrogen-bond acceptors (Lipinski definition) is 4.